The first-order valence-electron chi connectivity index (χ1n) is 6.47. The van der Waals surface area contributed by atoms with Crippen molar-refractivity contribution in [2.75, 3.05) is 6.54 Å². The van der Waals surface area contributed by atoms with Gasteiger partial charge < -0.3 is 15.7 Å². The van der Waals surface area contributed by atoms with Gasteiger partial charge >= 0.3 is 12.0 Å². The van der Waals surface area contributed by atoms with E-state index in [-0.39, 0.29) is 5.82 Å². The number of carboxylic acids is 1. The van der Waals surface area contributed by atoms with Crippen LogP contribution in [0.3, 0.4) is 0 Å². The number of carbonyl (C=O) groups is 2. The number of benzene rings is 1. The molecule has 0 aliphatic heterocycles. The van der Waals surface area contributed by atoms with Crippen molar-refractivity contribution in [3.63, 3.8) is 0 Å². The number of urea groups is 1. The molecule has 1 aromatic carbocycles. The Bertz CT molecular complexity index is 541. The SMILES string of the molecule is Cc1cc(F)ccc1CCNC(=O)NC1(C(=O)O)CC1. The molecule has 20 heavy (non-hydrogen) atoms. The van der Waals surface area contributed by atoms with Crippen LogP contribution in [-0.4, -0.2) is 29.2 Å². The Hall–Kier alpha value is -2.11. The minimum absolute atomic E-state index is 0.283. The first-order valence-corrected chi connectivity index (χ1v) is 6.47. The monoisotopic (exact) mass is 280 g/mol. The van der Waals surface area contributed by atoms with Crippen molar-refractivity contribution >= 4 is 12.0 Å². The Kier molecular flexibility index (Phi) is 3.92. The van der Waals surface area contributed by atoms with Crippen molar-refractivity contribution < 1.29 is 19.1 Å². The fourth-order valence-corrected chi connectivity index (χ4v) is 2.03. The van der Waals surface area contributed by atoms with E-state index >= 15 is 0 Å². The lowest BCUT2D eigenvalue weighted by atomic mass is 10.1. The summed E-state index contributed by atoms with van der Waals surface area (Å²) in [5, 5.41) is 14.0. The Balaban J connectivity index is 1.78. The first-order chi connectivity index (χ1) is 9.43. The summed E-state index contributed by atoms with van der Waals surface area (Å²) in [6, 6.07) is 4.03. The highest BCUT2D eigenvalue weighted by molar-refractivity contribution is 5.88. The van der Waals surface area contributed by atoms with E-state index in [0.29, 0.717) is 25.8 Å². The summed E-state index contributed by atoms with van der Waals surface area (Å²) in [6.07, 6.45) is 1.50. The lowest BCUT2D eigenvalue weighted by molar-refractivity contribution is -0.140. The second kappa shape index (κ2) is 5.48. The second-order valence-corrected chi connectivity index (χ2v) is 5.09. The lowest BCUT2D eigenvalue weighted by Crippen LogP contribution is -2.48. The smallest absolute Gasteiger partial charge is 0.329 e. The van der Waals surface area contributed by atoms with Gasteiger partial charge in [0.2, 0.25) is 0 Å². The minimum Gasteiger partial charge on any atom is -0.480 e. The van der Waals surface area contributed by atoms with Gasteiger partial charge in [-0.05, 0) is 49.4 Å². The zero-order chi connectivity index (χ0) is 14.8. The molecule has 0 bridgehead atoms. The predicted octanol–water partition coefficient (Wildman–Crippen LogP) is 1.59. The zero-order valence-corrected chi connectivity index (χ0v) is 11.2. The molecular formula is C14H17FN2O3. The fraction of sp³-hybridized carbons (Fsp3) is 0.429. The molecule has 2 rings (SSSR count). The van der Waals surface area contributed by atoms with Crippen LogP contribution in [0, 0.1) is 12.7 Å². The van der Waals surface area contributed by atoms with Crippen molar-refractivity contribution in [1.29, 1.82) is 0 Å². The van der Waals surface area contributed by atoms with Gasteiger partial charge in [0.1, 0.15) is 11.4 Å². The van der Waals surface area contributed by atoms with Gasteiger partial charge in [0.05, 0.1) is 0 Å². The van der Waals surface area contributed by atoms with Gasteiger partial charge in [-0.3, -0.25) is 0 Å². The number of carbonyl (C=O) groups excluding carboxylic acids is 1. The quantitative estimate of drug-likeness (QED) is 0.766. The number of amides is 2. The maximum Gasteiger partial charge on any atom is 0.329 e. The molecule has 1 aliphatic carbocycles. The molecule has 0 heterocycles. The fourth-order valence-electron chi connectivity index (χ4n) is 2.03. The topological polar surface area (TPSA) is 78.4 Å². The van der Waals surface area contributed by atoms with Crippen molar-refractivity contribution in [2.45, 2.75) is 31.7 Å². The Morgan fingerprint density at radius 2 is 2.10 bits per heavy atom. The number of halogens is 1. The van der Waals surface area contributed by atoms with E-state index in [4.69, 9.17) is 5.11 Å². The lowest BCUT2D eigenvalue weighted by Gasteiger charge is -2.13. The molecule has 1 saturated carbocycles. The summed E-state index contributed by atoms with van der Waals surface area (Å²) in [5.41, 5.74) is 0.707. The largest absolute Gasteiger partial charge is 0.480 e. The summed E-state index contributed by atoms with van der Waals surface area (Å²) in [5.74, 6) is -1.28. The molecule has 6 heteroatoms. The molecule has 0 atom stereocenters. The molecule has 1 aromatic rings. The van der Waals surface area contributed by atoms with E-state index in [0.717, 1.165) is 11.1 Å². The van der Waals surface area contributed by atoms with Gasteiger partial charge in [0.25, 0.3) is 0 Å². The molecule has 0 radical (unpaired) electrons. The number of nitrogens with one attached hydrogen (secondary N) is 2. The molecule has 1 aliphatic rings. The average Bonchev–Trinajstić information content (AvgIpc) is 3.13. The number of carboxylic acid groups (broad SMARTS) is 1. The summed E-state index contributed by atoms with van der Waals surface area (Å²) in [7, 11) is 0. The van der Waals surface area contributed by atoms with Gasteiger partial charge in [-0.2, -0.15) is 0 Å². The summed E-state index contributed by atoms with van der Waals surface area (Å²) >= 11 is 0. The van der Waals surface area contributed by atoms with Crippen LogP contribution in [0.1, 0.15) is 24.0 Å². The van der Waals surface area contributed by atoms with Crippen molar-refractivity contribution in [1.82, 2.24) is 10.6 Å². The van der Waals surface area contributed by atoms with E-state index in [1.165, 1.54) is 12.1 Å². The average molecular weight is 280 g/mol. The molecule has 0 unspecified atom stereocenters. The van der Waals surface area contributed by atoms with Crippen LogP contribution < -0.4 is 10.6 Å². The number of aryl methyl sites for hydroxylation is 1. The molecule has 0 saturated heterocycles. The Morgan fingerprint density at radius 1 is 1.40 bits per heavy atom. The Labute approximate surface area is 116 Å². The van der Waals surface area contributed by atoms with Gasteiger partial charge in [-0.15, -0.1) is 0 Å². The highest BCUT2D eigenvalue weighted by Crippen LogP contribution is 2.35. The van der Waals surface area contributed by atoms with Crippen LogP contribution in [0.25, 0.3) is 0 Å². The molecule has 2 amide bonds. The van der Waals surface area contributed by atoms with E-state index in [2.05, 4.69) is 10.6 Å². The number of hydrogen-bond acceptors (Lipinski definition) is 2. The number of rotatable bonds is 5. The third-order valence-electron chi connectivity index (χ3n) is 3.50. The molecule has 5 nitrogen and oxygen atoms in total. The van der Waals surface area contributed by atoms with Gasteiger partial charge in [0.15, 0.2) is 0 Å². The maximum absolute atomic E-state index is 12.9. The molecular weight excluding hydrogens is 263 g/mol. The van der Waals surface area contributed by atoms with Gasteiger partial charge in [-0.25, -0.2) is 14.0 Å². The van der Waals surface area contributed by atoms with Crippen molar-refractivity contribution in [3.8, 4) is 0 Å². The van der Waals surface area contributed by atoms with E-state index in [1.807, 2.05) is 6.92 Å². The Morgan fingerprint density at radius 3 is 2.65 bits per heavy atom. The number of hydrogen-bond donors (Lipinski definition) is 3. The standard InChI is InChI=1S/C14H17FN2O3/c1-9-8-11(15)3-2-10(9)4-7-16-13(20)17-14(5-6-14)12(18)19/h2-3,8H,4-7H2,1H3,(H,18,19)(H2,16,17,20). The van der Waals surface area contributed by atoms with Crippen LogP contribution in [0.4, 0.5) is 9.18 Å². The zero-order valence-electron chi connectivity index (χ0n) is 11.2. The van der Waals surface area contributed by atoms with Crippen molar-refractivity contribution in [2.24, 2.45) is 0 Å². The predicted molar refractivity (Wildman–Crippen MR) is 71.0 cm³/mol. The van der Waals surface area contributed by atoms with Crippen LogP contribution in [0.5, 0.6) is 0 Å². The molecule has 3 N–H and O–H groups in total. The van der Waals surface area contributed by atoms with E-state index in [9.17, 15) is 14.0 Å². The molecule has 0 aromatic heterocycles. The van der Waals surface area contributed by atoms with Crippen molar-refractivity contribution in [3.05, 3.63) is 35.1 Å². The highest BCUT2D eigenvalue weighted by atomic mass is 19.1. The second-order valence-electron chi connectivity index (χ2n) is 5.09. The van der Waals surface area contributed by atoms with Crippen LogP contribution >= 0.6 is 0 Å². The molecule has 1 fully saturated rings. The maximum atomic E-state index is 12.9. The van der Waals surface area contributed by atoms with E-state index in [1.54, 1.807) is 6.07 Å². The molecule has 0 spiro atoms. The summed E-state index contributed by atoms with van der Waals surface area (Å²) in [4.78, 5) is 22.5. The third-order valence-corrected chi connectivity index (χ3v) is 3.50. The van der Waals surface area contributed by atoms with Crippen LogP contribution in [0.2, 0.25) is 0 Å². The van der Waals surface area contributed by atoms with Gasteiger partial charge in [0, 0.05) is 6.54 Å². The van der Waals surface area contributed by atoms with E-state index < -0.39 is 17.5 Å². The third kappa shape index (κ3) is 3.26. The minimum atomic E-state index is -1.07. The van der Waals surface area contributed by atoms with Crippen LogP contribution in [0.15, 0.2) is 18.2 Å². The normalized spacial score (nSPS) is 15.5. The molecule has 108 valence electrons. The van der Waals surface area contributed by atoms with Crippen LogP contribution in [-0.2, 0) is 11.2 Å². The first kappa shape index (κ1) is 14.3. The number of aliphatic carboxylic acids is 1. The summed E-state index contributed by atoms with van der Waals surface area (Å²) < 4.78 is 12.9. The summed E-state index contributed by atoms with van der Waals surface area (Å²) in [6.45, 7) is 2.18. The van der Waals surface area contributed by atoms with Gasteiger partial charge in [-0.1, -0.05) is 6.07 Å². The highest BCUT2D eigenvalue weighted by Gasteiger charge is 2.51.